The van der Waals surface area contributed by atoms with Crippen molar-refractivity contribution in [3.05, 3.63) is 5.01 Å². The highest BCUT2D eigenvalue weighted by atomic mass is 32.1. The van der Waals surface area contributed by atoms with Gasteiger partial charge in [-0.3, -0.25) is 4.79 Å². The van der Waals surface area contributed by atoms with Crippen LogP contribution >= 0.6 is 11.3 Å². The molecule has 0 bridgehead atoms. The third-order valence-corrected chi connectivity index (χ3v) is 3.81. The topological polar surface area (TPSA) is 58.1 Å². The summed E-state index contributed by atoms with van der Waals surface area (Å²) < 4.78 is 0. The highest BCUT2D eigenvalue weighted by Crippen LogP contribution is 2.30. The van der Waals surface area contributed by atoms with E-state index in [-0.39, 0.29) is 5.91 Å². The van der Waals surface area contributed by atoms with Crippen molar-refractivity contribution in [2.24, 2.45) is 5.92 Å². The minimum atomic E-state index is 0.0400. The zero-order valence-electron chi connectivity index (χ0n) is 11.8. The Morgan fingerprint density at radius 1 is 1.47 bits per heavy atom. The van der Waals surface area contributed by atoms with Gasteiger partial charge in [0.2, 0.25) is 10.1 Å². The molecule has 0 spiro atoms. The molecule has 1 aliphatic rings. The van der Waals surface area contributed by atoms with Crippen LogP contribution < -0.4 is 5.32 Å². The molecule has 0 saturated heterocycles. The third-order valence-electron chi connectivity index (χ3n) is 2.94. The minimum absolute atomic E-state index is 0.0400. The van der Waals surface area contributed by atoms with Crippen molar-refractivity contribution < 1.29 is 4.79 Å². The van der Waals surface area contributed by atoms with E-state index in [4.69, 9.17) is 0 Å². The second-order valence-corrected chi connectivity index (χ2v) is 6.40. The van der Waals surface area contributed by atoms with E-state index < -0.39 is 0 Å². The summed E-state index contributed by atoms with van der Waals surface area (Å²) >= 11 is 1.36. The number of amides is 1. The summed E-state index contributed by atoms with van der Waals surface area (Å²) in [6.07, 6.45) is 3.28. The SMILES string of the molecule is CCCNc1nnc(C(=O)N(CC(C)C)C2CC2)s1. The number of carbonyl (C=O) groups excluding carboxylic acids is 1. The summed E-state index contributed by atoms with van der Waals surface area (Å²) in [6, 6.07) is 0.422. The van der Waals surface area contributed by atoms with E-state index in [0.29, 0.717) is 17.0 Å². The highest BCUT2D eigenvalue weighted by molar-refractivity contribution is 7.17. The molecule has 0 aliphatic heterocycles. The highest BCUT2D eigenvalue weighted by Gasteiger charge is 2.34. The van der Waals surface area contributed by atoms with Gasteiger partial charge < -0.3 is 10.2 Å². The molecule has 106 valence electrons. The maximum absolute atomic E-state index is 12.5. The second-order valence-electron chi connectivity index (χ2n) is 5.42. The lowest BCUT2D eigenvalue weighted by atomic mass is 10.2. The molecular formula is C13H22N4OS. The van der Waals surface area contributed by atoms with Gasteiger partial charge in [-0.05, 0) is 25.2 Å². The standard InChI is InChI=1S/C13H22N4OS/c1-4-7-14-13-16-15-11(19-13)12(18)17(8-9(2)3)10-5-6-10/h9-10H,4-8H2,1-3H3,(H,14,16). The van der Waals surface area contributed by atoms with E-state index >= 15 is 0 Å². The van der Waals surface area contributed by atoms with E-state index in [1.807, 2.05) is 4.90 Å². The number of hydrogen-bond acceptors (Lipinski definition) is 5. The molecule has 2 rings (SSSR count). The Bertz CT molecular complexity index is 428. The molecular weight excluding hydrogens is 260 g/mol. The van der Waals surface area contributed by atoms with Crippen molar-refractivity contribution in [1.29, 1.82) is 0 Å². The molecule has 1 N–H and O–H groups in total. The summed E-state index contributed by atoms with van der Waals surface area (Å²) in [5.41, 5.74) is 0. The minimum Gasteiger partial charge on any atom is -0.360 e. The third kappa shape index (κ3) is 3.89. The maximum atomic E-state index is 12.5. The van der Waals surface area contributed by atoms with E-state index in [1.165, 1.54) is 11.3 Å². The van der Waals surface area contributed by atoms with E-state index in [2.05, 4.69) is 36.3 Å². The lowest BCUT2D eigenvalue weighted by Crippen LogP contribution is -2.36. The Kier molecular flexibility index (Phi) is 4.74. The van der Waals surface area contributed by atoms with Crippen molar-refractivity contribution in [2.45, 2.75) is 46.1 Å². The van der Waals surface area contributed by atoms with Gasteiger partial charge in [0.25, 0.3) is 5.91 Å². The van der Waals surface area contributed by atoms with Crippen LogP contribution in [0.25, 0.3) is 0 Å². The summed E-state index contributed by atoms with van der Waals surface area (Å²) in [5, 5.41) is 12.5. The zero-order valence-corrected chi connectivity index (χ0v) is 12.7. The maximum Gasteiger partial charge on any atom is 0.285 e. The lowest BCUT2D eigenvalue weighted by Gasteiger charge is -2.22. The molecule has 0 radical (unpaired) electrons. The van der Waals surface area contributed by atoms with Crippen molar-refractivity contribution >= 4 is 22.4 Å². The molecule has 6 heteroatoms. The smallest absolute Gasteiger partial charge is 0.285 e. The largest absolute Gasteiger partial charge is 0.360 e. The molecule has 1 amide bonds. The number of nitrogens with one attached hydrogen (secondary N) is 1. The number of nitrogens with zero attached hydrogens (tertiary/aromatic N) is 3. The van der Waals surface area contributed by atoms with Crippen LogP contribution in [0.3, 0.4) is 0 Å². The molecule has 1 saturated carbocycles. The van der Waals surface area contributed by atoms with E-state index in [9.17, 15) is 4.79 Å². The molecule has 1 aromatic heterocycles. The Hall–Kier alpha value is -1.17. The average molecular weight is 282 g/mol. The molecule has 5 nitrogen and oxygen atoms in total. The van der Waals surface area contributed by atoms with Gasteiger partial charge in [-0.1, -0.05) is 32.1 Å². The van der Waals surface area contributed by atoms with Gasteiger partial charge in [0.1, 0.15) is 0 Å². The number of hydrogen-bond donors (Lipinski definition) is 1. The fraction of sp³-hybridized carbons (Fsp3) is 0.769. The van der Waals surface area contributed by atoms with Gasteiger partial charge in [-0.25, -0.2) is 0 Å². The summed E-state index contributed by atoms with van der Waals surface area (Å²) in [6.45, 7) is 8.04. The van der Waals surface area contributed by atoms with Gasteiger partial charge in [0, 0.05) is 19.1 Å². The van der Waals surface area contributed by atoms with Crippen molar-refractivity contribution in [3.8, 4) is 0 Å². The van der Waals surface area contributed by atoms with Gasteiger partial charge in [0.05, 0.1) is 0 Å². The summed E-state index contributed by atoms with van der Waals surface area (Å²) in [4.78, 5) is 14.4. The monoisotopic (exact) mass is 282 g/mol. The quantitative estimate of drug-likeness (QED) is 0.835. The number of carbonyl (C=O) groups is 1. The van der Waals surface area contributed by atoms with Gasteiger partial charge in [-0.15, -0.1) is 10.2 Å². The van der Waals surface area contributed by atoms with Crippen LogP contribution in [0, 0.1) is 5.92 Å². The van der Waals surface area contributed by atoms with Gasteiger partial charge in [0.15, 0.2) is 0 Å². The molecule has 1 aliphatic carbocycles. The second kappa shape index (κ2) is 6.32. The molecule has 0 unspecified atom stereocenters. The molecule has 1 aromatic rings. The fourth-order valence-corrected chi connectivity index (χ4v) is 2.64. The normalized spacial score (nSPS) is 14.7. The first kappa shape index (κ1) is 14.2. The number of aromatic nitrogens is 2. The van der Waals surface area contributed by atoms with Crippen molar-refractivity contribution in [3.63, 3.8) is 0 Å². The van der Waals surface area contributed by atoms with Gasteiger partial charge in [-0.2, -0.15) is 0 Å². The van der Waals surface area contributed by atoms with Crippen LogP contribution in [-0.4, -0.2) is 40.1 Å². The first-order valence-electron chi connectivity index (χ1n) is 7.00. The summed E-state index contributed by atoms with van der Waals surface area (Å²) in [5.74, 6) is 0.522. The van der Waals surface area contributed by atoms with Crippen LogP contribution in [-0.2, 0) is 0 Å². The molecule has 0 aromatic carbocycles. The number of anilines is 1. The predicted molar refractivity (Wildman–Crippen MR) is 77.6 cm³/mol. The Labute approximate surface area is 118 Å². The van der Waals surface area contributed by atoms with Crippen LogP contribution in [0.1, 0.15) is 49.8 Å². The fourth-order valence-electron chi connectivity index (χ4n) is 1.91. The average Bonchev–Trinajstić information content (AvgIpc) is 3.11. The first-order chi connectivity index (χ1) is 9.11. The lowest BCUT2D eigenvalue weighted by molar-refractivity contribution is 0.0721. The van der Waals surface area contributed by atoms with Crippen molar-refractivity contribution in [1.82, 2.24) is 15.1 Å². The summed E-state index contributed by atoms with van der Waals surface area (Å²) in [7, 11) is 0. The molecule has 1 fully saturated rings. The zero-order chi connectivity index (χ0) is 13.8. The molecule has 1 heterocycles. The van der Waals surface area contributed by atoms with E-state index in [1.54, 1.807) is 0 Å². The van der Waals surface area contributed by atoms with Crippen molar-refractivity contribution in [2.75, 3.05) is 18.4 Å². The van der Waals surface area contributed by atoms with Crippen LogP contribution in [0.2, 0.25) is 0 Å². The first-order valence-corrected chi connectivity index (χ1v) is 7.81. The van der Waals surface area contributed by atoms with Crippen LogP contribution in [0.4, 0.5) is 5.13 Å². The van der Waals surface area contributed by atoms with Crippen LogP contribution in [0.5, 0.6) is 0 Å². The Morgan fingerprint density at radius 3 is 2.79 bits per heavy atom. The molecule has 0 atom stereocenters. The van der Waals surface area contributed by atoms with Gasteiger partial charge >= 0.3 is 0 Å². The van der Waals surface area contributed by atoms with E-state index in [0.717, 1.165) is 37.5 Å². The predicted octanol–water partition coefficient (Wildman–Crippen LogP) is 2.62. The molecule has 19 heavy (non-hydrogen) atoms. The Balaban J connectivity index is 2.02. The van der Waals surface area contributed by atoms with Crippen LogP contribution in [0.15, 0.2) is 0 Å². The Morgan fingerprint density at radius 2 is 2.21 bits per heavy atom. The number of rotatable bonds is 7.